The molecule has 0 amide bonds. The lowest BCUT2D eigenvalue weighted by molar-refractivity contribution is 0.0681. The van der Waals surface area contributed by atoms with Gasteiger partial charge in [-0.2, -0.15) is 0 Å². The summed E-state index contributed by atoms with van der Waals surface area (Å²) < 4.78 is 15.1. The van der Waals surface area contributed by atoms with Crippen molar-refractivity contribution in [2.75, 3.05) is 0 Å². The molecule has 0 atom stereocenters. The van der Waals surface area contributed by atoms with E-state index in [2.05, 4.69) is 0 Å². The Labute approximate surface area is 121 Å². The van der Waals surface area contributed by atoms with Crippen LogP contribution in [0, 0.1) is 18.2 Å². The first-order chi connectivity index (χ1) is 9.61. The smallest absolute Gasteiger partial charge is 0.352 e. The first-order valence-electron chi connectivity index (χ1n) is 6.68. The van der Waals surface area contributed by atoms with Gasteiger partial charge in [0.2, 0.25) is 0 Å². The van der Waals surface area contributed by atoms with Crippen LogP contribution in [0.5, 0.6) is 0 Å². The van der Waals surface area contributed by atoms with Crippen molar-refractivity contribution in [3.8, 4) is 0 Å². The van der Waals surface area contributed by atoms with Gasteiger partial charge >= 0.3 is 5.97 Å². The molecule has 2 rings (SSSR count). The summed E-state index contributed by atoms with van der Waals surface area (Å²) in [6.45, 7) is 7.73. The molecule has 4 nitrogen and oxygen atoms in total. The number of carbonyl (C=O) groups is 1. The first kappa shape index (κ1) is 15.2. The highest BCUT2D eigenvalue weighted by Crippen LogP contribution is 2.24. The van der Waals surface area contributed by atoms with Crippen LogP contribution in [0.2, 0.25) is 0 Å². The third-order valence-electron chi connectivity index (χ3n) is 3.30. The number of carboxylic acids is 1. The summed E-state index contributed by atoms with van der Waals surface area (Å²) in [4.78, 5) is 23.8. The molecule has 0 spiro atoms. The van der Waals surface area contributed by atoms with Gasteiger partial charge in [-0.1, -0.05) is 20.8 Å². The van der Waals surface area contributed by atoms with Crippen molar-refractivity contribution >= 4 is 16.9 Å². The quantitative estimate of drug-likeness (QED) is 0.924. The van der Waals surface area contributed by atoms with Crippen molar-refractivity contribution in [2.45, 2.75) is 34.2 Å². The van der Waals surface area contributed by atoms with Crippen molar-refractivity contribution in [3.63, 3.8) is 0 Å². The van der Waals surface area contributed by atoms with E-state index in [1.807, 2.05) is 20.8 Å². The molecule has 0 bridgehead atoms. The number of nitrogens with zero attached hydrogens (tertiary/aromatic N) is 1. The second-order valence-corrected chi connectivity index (χ2v) is 6.42. The zero-order valence-electron chi connectivity index (χ0n) is 12.5. The zero-order chi connectivity index (χ0) is 15.9. The Balaban J connectivity index is 2.98. The van der Waals surface area contributed by atoms with Gasteiger partial charge in [-0.3, -0.25) is 4.79 Å². The molecule has 112 valence electrons. The summed E-state index contributed by atoms with van der Waals surface area (Å²) in [7, 11) is 0. The van der Waals surface area contributed by atoms with Gasteiger partial charge in [-0.05, 0) is 30.5 Å². The van der Waals surface area contributed by atoms with Gasteiger partial charge in [-0.25, -0.2) is 9.18 Å². The summed E-state index contributed by atoms with van der Waals surface area (Å²) in [5, 5.41) is 9.78. The molecule has 21 heavy (non-hydrogen) atoms. The highest BCUT2D eigenvalue weighted by atomic mass is 19.1. The van der Waals surface area contributed by atoms with Crippen LogP contribution in [0.3, 0.4) is 0 Å². The Bertz CT molecular complexity index is 785. The fourth-order valence-electron chi connectivity index (χ4n) is 2.47. The number of aromatic nitrogens is 1. The molecule has 0 saturated heterocycles. The van der Waals surface area contributed by atoms with Gasteiger partial charge in [-0.15, -0.1) is 0 Å². The molecular weight excluding hydrogens is 273 g/mol. The van der Waals surface area contributed by atoms with Crippen LogP contribution in [-0.4, -0.2) is 15.6 Å². The minimum Gasteiger partial charge on any atom is -0.477 e. The second-order valence-electron chi connectivity index (χ2n) is 6.42. The van der Waals surface area contributed by atoms with E-state index in [0.29, 0.717) is 17.4 Å². The van der Waals surface area contributed by atoms with Gasteiger partial charge in [0.15, 0.2) is 5.43 Å². The van der Waals surface area contributed by atoms with Gasteiger partial charge in [0, 0.05) is 17.5 Å². The number of benzene rings is 1. The predicted octanol–water partition coefficient (Wildman–Crippen LogP) is 3.19. The van der Waals surface area contributed by atoms with E-state index in [0.717, 1.165) is 0 Å². The van der Waals surface area contributed by atoms with Crippen LogP contribution >= 0.6 is 0 Å². The summed E-state index contributed by atoms with van der Waals surface area (Å²) in [5.74, 6) is -1.68. The largest absolute Gasteiger partial charge is 0.477 e. The van der Waals surface area contributed by atoms with Gasteiger partial charge in [0.05, 0.1) is 5.52 Å². The molecule has 0 unspecified atom stereocenters. The van der Waals surface area contributed by atoms with Crippen LogP contribution in [0.1, 0.15) is 36.8 Å². The van der Waals surface area contributed by atoms with E-state index < -0.39 is 11.8 Å². The number of aromatic carboxylic acids is 1. The molecule has 0 saturated carbocycles. The number of fused-ring (bicyclic) bond motifs is 1. The number of rotatable bonds is 2. The average molecular weight is 291 g/mol. The fraction of sp³-hybridized carbons (Fsp3) is 0.375. The van der Waals surface area contributed by atoms with Gasteiger partial charge < -0.3 is 9.67 Å². The summed E-state index contributed by atoms with van der Waals surface area (Å²) in [6.07, 6.45) is 0. The molecule has 1 aromatic heterocycles. The highest BCUT2D eigenvalue weighted by Gasteiger charge is 2.23. The maximum Gasteiger partial charge on any atom is 0.352 e. The van der Waals surface area contributed by atoms with Gasteiger partial charge in [0.1, 0.15) is 11.5 Å². The molecule has 2 aromatic rings. The van der Waals surface area contributed by atoms with Crippen molar-refractivity contribution in [3.05, 3.63) is 45.5 Å². The SMILES string of the molecule is Cc1c(C(=O)O)n(CC(C)(C)C)c2cc(F)ccc2c1=O. The predicted molar refractivity (Wildman–Crippen MR) is 79.3 cm³/mol. The summed E-state index contributed by atoms with van der Waals surface area (Å²) in [5.41, 5.74) is -0.172. The van der Waals surface area contributed by atoms with E-state index in [-0.39, 0.29) is 22.1 Å². The van der Waals surface area contributed by atoms with Crippen LogP contribution in [0.15, 0.2) is 23.0 Å². The average Bonchev–Trinajstić information content (AvgIpc) is 2.33. The topological polar surface area (TPSA) is 59.3 Å². The number of hydrogen-bond donors (Lipinski definition) is 1. The van der Waals surface area contributed by atoms with E-state index in [1.165, 1.54) is 29.7 Å². The maximum atomic E-state index is 13.6. The van der Waals surface area contributed by atoms with Gasteiger partial charge in [0.25, 0.3) is 0 Å². The van der Waals surface area contributed by atoms with E-state index in [4.69, 9.17) is 0 Å². The number of pyridine rings is 1. The van der Waals surface area contributed by atoms with E-state index in [1.54, 1.807) is 0 Å². The Hall–Kier alpha value is -2.17. The standard InChI is InChI=1S/C16H18FNO3/c1-9-13(15(20)21)18(8-16(2,3)4)12-7-10(17)5-6-11(12)14(9)19/h5-7H,8H2,1-4H3,(H,20,21). The molecule has 1 heterocycles. The lowest BCUT2D eigenvalue weighted by Gasteiger charge is -2.24. The summed E-state index contributed by atoms with van der Waals surface area (Å²) >= 11 is 0. The number of hydrogen-bond acceptors (Lipinski definition) is 2. The van der Waals surface area contributed by atoms with E-state index >= 15 is 0 Å². The zero-order valence-corrected chi connectivity index (χ0v) is 12.5. The minimum atomic E-state index is -1.18. The first-order valence-corrected chi connectivity index (χ1v) is 6.68. The molecule has 1 aromatic carbocycles. The lowest BCUT2D eigenvalue weighted by atomic mass is 9.95. The molecule has 0 radical (unpaired) electrons. The Kier molecular flexibility index (Phi) is 3.61. The molecular formula is C16H18FNO3. The Morgan fingerprint density at radius 1 is 1.33 bits per heavy atom. The fourth-order valence-corrected chi connectivity index (χ4v) is 2.47. The third kappa shape index (κ3) is 2.82. The Morgan fingerprint density at radius 2 is 1.95 bits per heavy atom. The molecule has 0 fully saturated rings. The normalized spacial score (nSPS) is 11.9. The molecule has 5 heteroatoms. The van der Waals surface area contributed by atoms with Crippen molar-refractivity contribution in [1.29, 1.82) is 0 Å². The van der Waals surface area contributed by atoms with Crippen molar-refractivity contribution < 1.29 is 14.3 Å². The van der Waals surface area contributed by atoms with Crippen molar-refractivity contribution in [2.24, 2.45) is 5.41 Å². The lowest BCUT2D eigenvalue weighted by Crippen LogP contribution is -2.26. The molecule has 0 aliphatic carbocycles. The number of halogens is 1. The number of carboxylic acid groups (broad SMARTS) is 1. The maximum absolute atomic E-state index is 13.6. The van der Waals surface area contributed by atoms with E-state index in [9.17, 15) is 19.1 Å². The monoisotopic (exact) mass is 291 g/mol. The summed E-state index contributed by atoms with van der Waals surface area (Å²) in [6, 6.07) is 3.84. The molecule has 1 N–H and O–H groups in total. The molecule has 0 aliphatic heterocycles. The molecule has 0 aliphatic rings. The minimum absolute atomic E-state index is 0.0759. The van der Waals surface area contributed by atoms with Crippen LogP contribution < -0.4 is 5.43 Å². The van der Waals surface area contributed by atoms with Crippen LogP contribution in [0.25, 0.3) is 10.9 Å². The Morgan fingerprint density at radius 3 is 2.48 bits per heavy atom. The second kappa shape index (κ2) is 4.98. The highest BCUT2D eigenvalue weighted by molar-refractivity contribution is 5.92. The third-order valence-corrected chi connectivity index (χ3v) is 3.30. The van der Waals surface area contributed by atoms with Crippen LogP contribution in [-0.2, 0) is 6.54 Å². The van der Waals surface area contributed by atoms with Crippen molar-refractivity contribution in [1.82, 2.24) is 4.57 Å². The van der Waals surface area contributed by atoms with Crippen LogP contribution in [0.4, 0.5) is 4.39 Å².